The molecule has 1 fully saturated rings. The summed E-state index contributed by atoms with van der Waals surface area (Å²) in [6.45, 7) is 6.73. The predicted molar refractivity (Wildman–Crippen MR) is 76.2 cm³/mol. The molecule has 2 rings (SSSR count). The van der Waals surface area contributed by atoms with Gasteiger partial charge in [-0.25, -0.2) is 0 Å². The molecule has 1 saturated heterocycles. The summed E-state index contributed by atoms with van der Waals surface area (Å²) in [6.07, 6.45) is 3.67. The molecule has 0 spiro atoms. The molecule has 2 nitrogen and oxygen atoms in total. The zero-order valence-electron chi connectivity index (χ0n) is 12.0. The Balaban J connectivity index is 2.10. The van der Waals surface area contributed by atoms with Crippen LogP contribution in [0.15, 0.2) is 18.2 Å². The molecule has 2 unspecified atom stereocenters. The average molecular weight is 247 g/mol. The second kappa shape index (κ2) is 5.75. The summed E-state index contributed by atoms with van der Waals surface area (Å²) in [5.74, 6) is 1.81. The molecule has 1 heterocycles. The summed E-state index contributed by atoms with van der Waals surface area (Å²) in [6, 6.07) is 7.76. The highest BCUT2D eigenvalue weighted by Crippen LogP contribution is 2.28. The van der Waals surface area contributed by atoms with Crippen LogP contribution in [-0.4, -0.2) is 19.2 Å². The van der Waals surface area contributed by atoms with E-state index in [4.69, 9.17) is 4.74 Å². The molecular weight excluding hydrogens is 222 g/mol. The van der Waals surface area contributed by atoms with Crippen LogP contribution in [0.2, 0.25) is 0 Å². The van der Waals surface area contributed by atoms with Gasteiger partial charge in [0, 0.05) is 12.1 Å². The van der Waals surface area contributed by atoms with E-state index in [0.717, 1.165) is 18.1 Å². The summed E-state index contributed by atoms with van der Waals surface area (Å²) in [7, 11) is 1.77. The lowest BCUT2D eigenvalue weighted by Crippen LogP contribution is -2.42. The molecule has 1 aromatic carbocycles. The quantitative estimate of drug-likeness (QED) is 0.884. The summed E-state index contributed by atoms with van der Waals surface area (Å²) in [4.78, 5) is 0. The molecule has 1 aliphatic rings. The normalized spacial score (nSPS) is 28.1. The molecule has 100 valence electrons. The van der Waals surface area contributed by atoms with E-state index < -0.39 is 0 Å². The zero-order valence-corrected chi connectivity index (χ0v) is 12.0. The first-order chi connectivity index (χ1) is 8.58. The van der Waals surface area contributed by atoms with Crippen molar-refractivity contribution in [3.63, 3.8) is 0 Å². The first-order valence-electron chi connectivity index (χ1n) is 6.98. The van der Waals surface area contributed by atoms with Gasteiger partial charge in [0.05, 0.1) is 7.11 Å². The van der Waals surface area contributed by atoms with Gasteiger partial charge in [-0.3, -0.25) is 0 Å². The van der Waals surface area contributed by atoms with E-state index >= 15 is 0 Å². The lowest BCUT2D eigenvalue weighted by molar-refractivity contribution is 0.260. The van der Waals surface area contributed by atoms with Crippen molar-refractivity contribution in [2.75, 3.05) is 7.11 Å². The molecule has 0 radical (unpaired) electrons. The maximum absolute atomic E-state index is 5.48. The number of aryl methyl sites for hydroxylation is 1. The van der Waals surface area contributed by atoms with E-state index in [1.807, 2.05) is 0 Å². The van der Waals surface area contributed by atoms with Gasteiger partial charge >= 0.3 is 0 Å². The largest absolute Gasteiger partial charge is 0.496 e. The third-order valence-corrected chi connectivity index (χ3v) is 3.89. The Morgan fingerprint density at radius 3 is 2.50 bits per heavy atom. The van der Waals surface area contributed by atoms with Crippen molar-refractivity contribution in [1.82, 2.24) is 5.32 Å². The van der Waals surface area contributed by atoms with Gasteiger partial charge in [-0.2, -0.15) is 0 Å². The fourth-order valence-electron chi connectivity index (χ4n) is 3.26. The van der Waals surface area contributed by atoms with Gasteiger partial charge in [0.2, 0.25) is 0 Å². The molecule has 0 aliphatic carbocycles. The molecule has 1 aromatic rings. The SMILES string of the molecule is COc1ccc(C)cc1CC1CC(C)NC(C)C1. The highest BCUT2D eigenvalue weighted by atomic mass is 16.5. The monoisotopic (exact) mass is 247 g/mol. The molecule has 2 atom stereocenters. The summed E-state index contributed by atoms with van der Waals surface area (Å²) < 4.78 is 5.48. The Morgan fingerprint density at radius 2 is 1.89 bits per heavy atom. The minimum atomic E-state index is 0.634. The number of methoxy groups -OCH3 is 1. The summed E-state index contributed by atoms with van der Waals surface area (Å²) in [5, 5.41) is 3.60. The van der Waals surface area contributed by atoms with Crippen LogP contribution in [0.1, 0.15) is 37.8 Å². The van der Waals surface area contributed by atoms with Crippen molar-refractivity contribution in [2.24, 2.45) is 5.92 Å². The first kappa shape index (κ1) is 13.4. The number of hydrogen-bond acceptors (Lipinski definition) is 2. The molecule has 18 heavy (non-hydrogen) atoms. The molecule has 1 aliphatic heterocycles. The van der Waals surface area contributed by atoms with Crippen LogP contribution < -0.4 is 10.1 Å². The van der Waals surface area contributed by atoms with Crippen LogP contribution in [0.25, 0.3) is 0 Å². The standard InChI is InChI=1S/C16H25NO/c1-11-5-6-16(18-4)15(7-11)10-14-8-12(2)17-13(3)9-14/h5-7,12-14,17H,8-10H2,1-4H3. The van der Waals surface area contributed by atoms with Gasteiger partial charge < -0.3 is 10.1 Å². The Hall–Kier alpha value is -1.02. The predicted octanol–water partition coefficient (Wildman–Crippen LogP) is 3.32. The van der Waals surface area contributed by atoms with Gasteiger partial charge in [0.1, 0.15) is 5.75 Å². The topological polar surface area (TPSA) is 21.3 Å². The maximum atomic E-state index is 5.48. The third kappa shape index (κ3) is 3.26. The van der Waals surface area contributed by atoms with Gasteiger partial charge in [0.25, 0.3) is 0 Å². The van der Waals surface area contributed by atoms with Crippen molar-refractivity contribution in [3.05, 3.63) is 29.3 Å². The van der Waals surface area contributed by atoms with E-state index in [0.29, 0.717) is 12.1 Å². The Kier molecular flexibility index (Phi) is 4.28. The Bertz CT molecular complexity index is 392. The van der Waals surface area contributed by atoms with Crippen LogP contribution in [0, 0.1) is 12.8 Å². The number of benzene rings is 1. The first-order valence-corrected chi connectivity index (χ1v) is 6.98. The van der Waals surface area contributed by atoms with E-state index in [2.05, 4.69) is 44.3 Å². The highest BCUT2D eigenvalue weighted by molar-refractivity contribution is 5.37. The zero-order chi connectivity index (χ0) is 13.1. The number of hydrogen-bond donors (Lipinski definition) is 1. The fraction of sp³-hybridized carbons (Fsp3) is 0.625. The molecular formula is C16H25NO. The molecule has 1 N–H and O–H groups in total. The lowest BCUT2D eigenvalue weighted by Gasteiger charge is -2.33. The number of piperidine rings is 1. The van der Waals surface area contributed by atoms with Gasteiger partial charge in [-0.15, -0.1) is 0 Å². The number of rotatable bonds is 3. The van der Waals surface area contributed by atoms with Crippen molar-refractivity contribution < 1.29 is 4.74 Å². The fourth-order valence-corrected chi connectivity index (χ4v) is 3.26. The summed E-state index contributed by atoms with van der Waals surface area (Å²) >= 11 is 0. The van der Waals surface area contributed by atoms with Gasteiger partial charge in [-0.05, 0) is 57.6 Å². The summed E-state index contributed by atoms with van der Waals surface area (Å²) in [5.41, 5.74) is 2.68. The minimum Gasteiger partial charge on any atom is -0.496 e. The van der Waals surface area contributed by atoms with E-state index in [1.54, 1.807) is 7.11 Å². The highest BCUT2D eigenvalue weighted by Gasteiger charge is 2.24. The third-order valence-electron chi connectivity index (χ3n) is 3.89. The van der Waals surface area contributed by atoms with Crippen LogP contribution in [0.4, 0.5) is 0 Å². The Labute approximate surface area is 111 Å². The van der Waals surface area contributed by atoms with E-state index in [9.17, 15) is 0 Å². The van der Waals surface area contributed by atoms with Crippen molar-refractivity contribution in [1.29, 1.82) is 0 Å². The van der Waals surface area contributed by atoms with Crippen LogP contribution in [-0.2, 0) is 6.42 Å². The molecule has 0 aromatic heterocycles. The smallest absolute Gasteiger partial charge is 0.122 e. The molecule has 2 heteroatoms. The van der Waals surface area contributed by atoms with Gasteiger partial charge in [-0.1, -0.05) is 17.7 Å². The molecule has 0 amide bonds. The van der Waals surface area contributed by atoms with Crippen molar-refractivity contribution >= 4 is 0 Å². The van der Waals surface area contributed by atoms with Crippen molar-refractivity contribution in [2.45, 2.75) is 52.1 Å². The molecule has 0 saturated carbocycles. The second-order valence-electron chi connectivity index (χ2n) is 5.83. The van der Waals surface area contributed by atoms with Gasteiger partial charge in [0.15, 0.2) is 0 Å². The van der Waals surface area contributed by atoms with E-state index in [1.165, 1.54) is 24.0 Å². The molecule has 0 bridgehead atoms. The van der Waals surface area contributed by atoms with Crippen LogP contribution in [0.3, 0.4) is 0 Å². The van der Waals surface area contributed by atoms with Crippen LogP contribution in [0.5, 0.6) is 5.75 Å². The van der Waals surface area contributed by atoms with Crippen LogP contribution >= 0.6 is 0 Å². The average Bonchev–Trinajstić information content (AvgIpc) is 2.27. The maximum Gasteiger partial charge on any atom is 0.122 e. The second-order valence-corrected chi connectivity index (χ2v) is 5.83. The number of nitrogens with one attached hydrogen (secondary N) is 1. The van der Waals surface area contributed by atoms with Crippen molar-refractivity contribution in [3.8, 4) is 5.75 Å². The van der Waals surface area contributed by atoms with E-state index in [-0.39, 0.29) is 0 Å². The number of ether oxygens (including phenoxy) is 1. The lowest BCUT2D eigenvalue weighted by atomic mass is 9.84. The minimum absolute atomic E-state index is 0.634. The Morgan fingerprint density at radius 1 is 1.22 bits per heavy atom.